The first kappa shape index (κ1) is 13.7. The standard InChI is InChI=1S/C13H21N5O/c1-5-6-13-15-12(17-19-13)8-18-10(3)11(7-14-4)9(2)16-18/h14H,5-8H2,1-4H3. The van der Waals surface area contributed by atoms with Crippen LogP contribution >= 0.6 is 0 Å². The Morgan fingerprint density at radius 1 is 1.32 bits per heavy atom. The van der Waals surface area contributed by atoms with Crippen LogP contribution in [0.3, 0.4) is 0 Å². The summed E-state index contributed by atoms with van der Waals surface area (Å²) >= 11 is 0. The zero-order chi connectivity index (χ0) is 13.8. The fraction of sp³-hybridized carbons (Fsp3) is 0.615. The van der Waals surface area contributed by atoms with Gasteiger partial charge in [0.1, 0.15) is 6.54 Å². The summed E-state index contributed by atoms with van der Waals surface area (Å²) in [6, 6.07) is 0. The molecule has 0 saturated carbocycles. The van der Waals surface area contributed by atoms with E-state index >= 15 is 0 Å². The molecule has 0 bridgehead atoms. The molecule has 0 atom stereocenters. The molecule has 0 aromatic carbocycles. The minimum absolute atomic E-state index is 0.559. The van der Waals surface area contributed by atoms with Crippen molar-refractivity contribution in [3.05, 3.63) is 28.7 Å². The van der Waals surface area contributed by atoms with Crippen molar-refractivity contribution in [3.63, 3.8) is 0 Å². The first-order valence-corrected chi connectivity index (χ1v) is 6.64. The fourth-order valence-corrected chi connectivity index (χ4v) is 2.12. The third-order valence-corrected chi connectivity index (χ3v) is 3.15. The predicted molar refractivity (Wildman–Crippen MR) is 71.9 cm³/mol. The summed E-state index contributed by atoms with van der Waals surface area (Å²) in [6.45, 7) is 7.57. The van der Waals surface area contributed by atoms with Crippen LogP contribution in [0.25, 0.3) is 0 Å². The van der Waals surface area contributed by atoms with Gasteiger partial charge in [-0.3, -0.25) is 4.68 Å². The van der Waals surface area contributed by atoms with Crippen molar-refractivity contribution in [1.82, 2.24) is 25.2 Å². The summed E-state index contributed by atoms with van der Waals surface area (Å²) < 4.78 is 7.12. The molecular formula is C13H21N5O. The second-order valence-corrected chi connectivity index (χ2v) is 4.69. The van der Waals surface area contributed by atoms with Crippen LogP contribution in [0.4, 0.5) is 0 Å². The van der Waals surface area contributed by atoms with Gasteiger partial charge in [0.05, 0.1) is 5.69 Å². The smallest absolute Gasteiger partial charge is 0.226 e. The van der Waals surface area contributed by atoms with Gasteiger partial charge in [0.2, 0.25) is 5.89 Å². The molecule has 2 heterocycles. The normalized spacial score (nSPS) is 11.2. The van der Waals surface area contributed by atoms with Crippen molar-refractivity contribution < 1.29 is 4.52 Å². The lowest BCUT2D eigenvalue weighted by molar-refractivity contribution is 0.370. The van der Waals surface area contributed by atoms with Gasteiger partial charge in [-0.2, -0.15) is 10.1 Å². The van der Waals surface area contributed by atoms with Gasteiger partial charge < -0.3 is 9.84 Å². The van der Waals surface area contributed by atoms with E-state index in [0.29, 0.717) is 18.3 Å². The monoisotopic (exact) mass is 263 g/mol. The van der Waals surface area contributed by atoms with E-state index in [1.807, 2.05) is 18.7 Å². The molecule has 1 N–H and O–H groups in total. The van der Waals surface area contributed by atoms with Crippen LogP contribution in [-0.2, 0) is 19.5 Å². The number of hydrogen-bond acceptors (Lipinski definition) is 5. The molecule has 6 nitrogen and oxygen atoms in total. The summed E-state index contributed by atoms with van der Waals surface area (Å²) in [5.74, 6) is 1.39. The zero-order valence-electron chi connectivity index (χ0n) is 12.0. The maximum absolute atomic E-state index is 5.19. The summed E-state index contributed by atoms with van der Waals surface area (Å²) in [5.41, 5.74) is 3.43. The molecule has 2 aromatic heterocycles. The maximum atomic E-state index is 5.19. The van der Waals surface area contributed by atoms with Gasteiger partial charge in [0.25, 0.3) is 0 Å². The Kier molecular flexibility index (Phi) is 4.31. The van der Waals surface area contributed by atoms with Gasteiger partial charge in [-0.1, -0.05) is 12.1 Å². The number of rotatable bonds is 6. The van der Waals surface area contributed by atoms with Crippen LogP contribution in [0, 0.1) is 13.8 Å². The second-order valence-electron chi connectivity index (χ2n) is 4.69. The highest BCUT2D eigenvalue weighted by Gasteiger charge is 2.13. The molecule has 2 aromatic rings. The third-order valence-electron chi connectivity index (χ3n) is 3.15. The summed E-state index contributed by atoms with van der Waals surface area (Å²) in [6.07, 6.45) is 1.84. The number of nitrogens with zero attached hydrogens (tertiary/aromatic N) is 4. The van der Waals surface area contributed by atoms with Crippen LogP contribution in [0.2, 0.25) is 0 Å². The predicted octanol–water partition coefficient (Wildman–Crippen LogP) is 1.60. The average molecular weight is 263 g/mol. The van der Waals surface area contributed by atoms with E-state index in [0.717, 1.165) is 30.8 Å². The molecule has 0 unspecified atom stereocenters. The van der Waals surface area contributed by atoms with E-state index < -0.39 is 0 Å². The van der Waals surface area contributed by atoms with E-state index in [2.05, 4.69) is 34.4 Å². The van der Waals surface area contributed by atoms with Gasteiger partial charge in [0.15, 0.2) is 5.82 Å². The number of nitrogens with one attached hydrogen (secondary N) is 1. The third kappa shape index (κ3) is 3.01. The molecular weight excluding hydrogens is 242 g/mol. The van der Waals surface area contributed by atoms with Gasteiger partial charge in [0, 0.05) is 24.2 Å². The number of hydrogen-bond donors (Lipinski definition) is 1. The Morgan fingerprint density at radius 3 is 2.79 bits per heavy atom. The topological polar surface area (TPSA) is 68.8 Å². The van der Waals surface area contributed by atoms with Crippen molar-refractivity contribution in [2.24, 2.45) is 0 Å². The average Bonchev–Trinajstić information content (AvgIpc) is 2.91. The molecule has 0 amide bonds. The van der Waals surface area contributed by atoms with Gasteiger partial charge in [-0.15, -0.1) is 0 Å². The van der Waals surface area contributed by atoms with E-state index in [1.165, 1.54) is 5.56 Å². The Morgan fingerprint density at radius 2 is 2.11 bits per heavy atom. The summed E-state index contributed by atoms with van der Waals surface area (Å²) in [5, 5.41) is 11.7. The van der Waals surface area contributed by atoms with Crippen molar-refractivity contribution in [2.75, 3.05) is 7.05 Å². The Hall–Kier alpha value is -1.69. The van der Waals surface area contributed by atoms with Crippen LogP contribution in [-0.4, -0.2) is 27.0 Å². The second kappa shape index (κ2) is 5.97. The largest absolute Gasteiger partial charge is 0.339 e. The minimum Gasteiger partial charge on any atom is -0.339 e. The highest BCUT2D eigenvalue weighted by atomic mass is 16.5. The fourth-order valence-electron chi connectivity index (χ4n) is 2.12. The Balaban J connectivity index is 2.16. The lowest BCUT2D eigenvalue weighted by Crippen LogP contribution is -2.09. The molecule has 0 fully saturated rings. The molecule has 0 aliphatic heterocycles. The first-order valence-electron chi connectivity index (χ1n) is 6.64. The van der Waals surface area contributed by atoms with Gasteiger partial charge in [-0.25, -0.2) is 0 Å². The van der Waals surface area contributed by atoms with Crippen molar-refractivity contribution >= 4 is 0 Å². The molecule has 0 aliphatic rings. The summed E-state index contributed by atoms with van der Waals surface area (Å²) in [4.78, 5) is 4.37. The number of aromatic nitrogens is 4. The minimum atomic E-state index is 0.559. The quantitative estimate of drug-likeness (QED) is 0.857. The Bertz CT molecular complexity index is 543. The van der Waals surface area contributed by atoms with Gasteiger partial charge >= 0.3 is 0 Å². The lowest BCUT2D eigenvalue weighted by Gasteiger charge is -2.02. The molecule has 19 heavy (non-hydrogen) atoms. The van der Waals surface area contributed by atoms with Crippen LogP contribution < -0.4 is 5.32 Å². The van der Waals surface area contributed by atoms with Crippen molar-refractivity contribution in [1.29, 1.82) is 0 Å². The number of aryl methyl sites for hydroxylation is 2. The van der Waals surface area contributed by atoms with E-state index in [4.69, 9.17) is 4.52 Å². The molecule has 2 rings (SSSR count). The Labute approximate surface area is 113 Å². The SMILES string of the molecule is CCCc1nc(Cn2nc(C)c(CNC)c2C)no1. The van der Waals surface area contributed by atoms with Crippen LogP contribution in [0.15, 0.2) is 4.52 Å². The molecule has 0 radical (unpaired) electrons. The van der Waals surface area contributed by atoms with Crippen LogP contribution in [0.1, 0.15) is 42.0 Å². The van der Waals surface area contributed by atoms with Gasteiger partial charge in [-0.05, 0) is 27.3 Å². The van der Waals surface area contributed by atoms with Crippen molar-refractivity contribution in [2.45, 2.75) is 46.7 Å². The molecule has 104 valence electrons. The molecule has 6 heteroatoms. The van der Waals surface area contributed by atoms with E-state index in [1.54, 1.807) is 0 Å². The summed E-state index contributed by atoms with van der Waals surface area (Å²) in [7, 11) is 1.94. The van der Waals surface area contributed by atoms with E-state index in [-0.39, 0.29) is 0 Å². The molecule has 0 saturated heterocycles. The van der Waals surface area contributed by atoms with Crippen molar-refractivity contribution in [3.8, 4) is 0 Å². The highest BCUT2D eigenvalue weighted by molar-refractivity contribution is 5.24. The molecule has 0 aliphatic carbocycles. The first-order chi connectivity index (χ1) is 9.15. The molecule has 0 spiro atoms. The lowest BCUT2D eigenvalue weighted by atomic mass is 10.2. The maximum Gasteiger partial charge on any atom is 0.226 e. The zero-order valence-corrected chi connectivity index (χ0v) is 12.0. The highest BCUT2D eigenvalue weighted by Crippen LogP contribution is 2.14. The van der Waals surface area contributed by atoms with Crippen LogP contribution in [0.5, 0.6) is 0 Å². The van der Waals surface area contributed by atoms with E-state index in [9.17, 15) is 0 Å².